The monoisotopic (exact) mass is 536 g/mol. The molecule has 8 rings (SSSR count). The van der Waals surface area contributed by atoms with Crippen LogP contribution in [-0.4, -0.2) is 0 Å². The van der Waals surface area contributed by atoms with Gasteiger partial charge in [-0.3, -0.25) is 0 Å². The number of hydrogen-bond acceptors (Lipinski definition) is 1. The second-order valence-corrected chi connectivity index (χ2v) is 10.9. The van der Waals surface area contributed by atoms with Gasteiger partial charge in [0.1, 0.15) is 11.2 Å². The smallest absolute Gasteiger partial charge is 0.143 e. The Balaban J connectivity index is 1.45. The summed E-state index contributed by atoms with van der Waals surface area (Å²) < 4.78 is 6.60. The molecule has 0 aliphatic heterocycles. The van der Waals surface area contributed by atoms with Gasteiger partial charge in [0.25, 0.3) is 0 Å². The lowest BCUT2D eigenvalue weighted by Crippen LogP contribution is -1.96. The Morgan fingerprint density at radius 2 is 1.21 bits per heavy atom. The molecule has 42 heavy (non-hydrogen) atoms. The van der Waals surface area contributed by atoms with Gasteiger partial charge in [0.05, 0.1) is 0 Å². The van der Waals surface area contributed by atoms with Crippen molar-refractivity contribution in [1.29, 1.82) is 0 Å². The number of furan rings is 1. The third kappa shape index (κ3) is 3.64. The van der Waals surface area contributed by atoms with Gasteiger partial charge >= 0.3 is 0 Å². The molecule has 198 valence electrons. The Morgan fingerprint density at radius 3 is 2.00 bits per heavy atom. The minimum absolute atomic E-state index is 0.900. The highest BCUT2D eigenvalue weighted by atomic mass is 16.3. The molecule has 0 spiro atoms. The van der Waals surface area contributed by atoms with Crippen molar-refractivity contribution in [3.05, 3.63) is 151 Å². The summed E-state index contributed by atoms with van der Waals surface area (Å²) in [5.74, 6) is 0. The highest BCUT2D eigenvalue weighted by Gasteiger charge is 2.20. The predicted octanol–water partition coefficient (Wildman–Crippen LogP) is 11.9. The Hall–Kier alpha value is -5.40. The van der Waals surface area contributed by atoms with Crippen molar-refractivity contribution < 1.29 is 4.42 Å². The zero-order valence-corrected chi connectivity index (χ0v) is 23.4. The van der Waals surface area contributed by atoms with Gasteiger partial charge in [0.2, 0.25) is 0 Å². The average molecular weight is 537 g/mol. The Bertz CT molecular complexity index is 2380. The molecule has 0 radical (unpaired) electrons. The quantitative estimate of drug-likeness (QED) is 0.204. The van der Waals surface area contributed by atoms with Gasteiger partial charge in [-0.1, -0.05) is 128 Å². The van der Waals surface area contributed by atoms with Crippen molar-refractivity contribution in [2.24, 2.45) is 0 Å². The van der Waals surface area contributed by atoms with E-state index in [0.717, 1.165) is 32.9 Å². The van der Waals surface area contributed by atoms with Crippen molar-refractivity contribution >= 4 is 60.3 Å². The Morgan fingerprint density at radius 1 is 0.571 bits per heavy atom. The van der Waals surface area contributed by atoms with Crippen molar-refractivity contribution in [1.82, 2.24) is 0 Å². The third-order valence-corrected chi connectivity index (χ3v) is 8.62. The average Bonchev–Trinajstić information content (AvgIpc) is 3.42. The van der Waals surface area contributed by atoms with E-state index in [4.69, 9.17) is 4.42 Å². The second-order valence-electron chi connectivity index (χ2n) is 10.9. The molecule has 0 bridgehead atoms. The van der Waals surface area contributed by atoms with Gasteiger partial charge in [-0.25, -0.2) is 0 Å². The molecule has 0 atom stereocenters. The summed E-state index contributed by atoms with van der Waals surface area (Å²) in [5.41, 5.74) is 9.14. The highest BCUT2D eigenvalue weighted by molar-refractivity contribution is 6.17. The lowest BCUT2D eigenvalue weighted by molar-refractivity contribution is 0.673. The summed E-state index contributed by atoms with van der Waals surface area (Å²) in [6.07, 6.45) is 6.10. The van der Waals surface area contributed by atoms with Crippen molar-refractivity contribution in [2.45, 2.75) is 6.92 Å². The minimum atomic E-state index is 0.900. The third-order valence-electron chi connectivity index (χ3n) is 8.62. The van der Waals surface area contributed by atoms with Crippen molar-refractivity contribution in [2.75, 3.05) is 0 Å². The molecule has 1 aromatic heterocycles. The fourth-order valence-electron chi connectivity index (χ4n) is 6.72. The molecule has 0 aliphatic carbocycles. The van der Waals surface area contributed by atoms with Crippen LogP contribution in [0.25, 0.3) is 82.6 Å². The largest absolute Gasteiger partial charge is 0.455 e. The maximum absolute atomic E-state index is 6.60. The van der Waals surface area contributed by atoms with E-state index in [0.29, 0.717) is 0 Å². The van der Waals surface area contributed by atoms with E-state index in [1.54, 1.807) is 0 Å². The Labute approximate surface area is 244 Å². The normalized spacial score (nSPS) is 11.9. The van der Waals surface area contributed by atoms with Crippen LogP contribution in [-0.2, 0) is 0 Å². The number of benzene rings is 7. The summed E-state index contributed by atoms with van der Waals surface area (Å²) in [6.45, 7) is 6.23. The summed E-state index contributed by atoms with van der Waals surface area (Å²) in [6, 6.07) is 43.5. The zero-order chi connectivity index (χ0) is 28.2. The van der Waals surface area contributed by atoms with Gasteiger partial charge in [0.15, 0.2) is 0 Å². The highest BCUT2D eigenvalue weighted by Crippen LogP contribution is 2.45. The van der Waals surface area contributed by atoms with Crippen LogP contribution < -0.4 is 0 Å². The molecule has 8 aromatic rings. The van der Waals surface area contributed by atoms with E-state index < -0.39 is 0 Å². The van der Waals surface area contributed by atoms with Crippen LogP contribution in [0.4, 0.5) is 0 Å². The van der Waals surface area contributed by atoms with Gasteiger partial charge in [-0.15, -0.1) is 0 Å². The van der Waals surface area contributed by atoms with Gasteiger partial charge in [-0.2, -0.15) is 0 Å². The summed E-state index contributed by atoms with van der Waals surface area (Å²) >= 11 is 0. The number of hydrogen-bond donors (Lipinski definition) is 0. The first kappa shape index (κ1) is 24.4. The van der Waals surface area contributed by atoms with Crippen LogP contribution in [0.1, 0.15) is 11.1 Å². The van der Waals surface area contributed by atoms with E-state index in [-0.39, 0.29) is 0 Å². The summed E-state index contributed by atoms with van der Waals surface area (Å²) in [4.78, 5) is 0. The molecular weight excluding hydrogens is 508 g/mol. The van der Waals surface area contributed by atoms with E-state index in [2.05, 4.69) is 141 Å². The molecule has 0 aliphatic rings. The van der Waals surface area contributed by atoms with Gasteiger partial charge in [0, 0.05) is 16.2 Å². The summed E-state index contributed by atoms with van der Waals surface area (Å²) in [7, 11) is 0. The SMILES string of the molecule is C=C/C=C\c1c(C)c(-c2cccc3ccccc23)c2ccccc2c1-c1ccc2c(c1)oc1c3ccccc3ccc21. The molecule has 0 amide bonds. The minimum Gasteiger partial charge on any atom is -0.455 e. The first-order valence-electron chi connectivity index (χ1n) is 14.4. The van der Waals surface area contributed by atoms with Gasteiger partial charge < -0.3 is 4.42 Å². The van der Waals surface area contributed by atoms with E-state index >= 15 is 0 Å². The fraction of sp³-hybridized carbons (Fsp3) is 0.0244. The number of rotatable bonds is 4. The van der Waals surface area contributed by atoms with E-state index in [1.807, 2.05) is 12.2 Å². The van der Waals surface area contributed by atoms with Crippen molar-refractivity contribution in [3.8, 4) is 22.3 Å². The maximum atomic E-state index is 6.60. The molecule has 7 aromatic carbocycles. The molecule has 0 fully saturated rings. The lowest BCUT2D eigenvalue weighted by atomic mass is 9.82. The number of fused-ring (bicyclic) bond motifs is 7. The zero-order valence-electron chi connectivity index (χ0n) is 23.4. The topological polar surface area (TPSA) is 13.1 Å². The van der Waals surface area contributed by atoms with Crippen LogP contribution in [0.3, 0.4) is 0 Å². The lowest BCUT2D eigenvalue weighted by Gasteiger charge is -2.21. The fourth-order valence-corrected chi connectivity index (χ4v) is 6.72. The van der Waals surface area contributed by atoms with Crippen LogP contribution in [0.5, 0.6) is 0 Å². The van der Waals surface area contributed by atoms with Crippen molar-refractivity contribution in [3.63, 3.8) is 0 Å². The van der Waals surface area contributed by atoms with Crippen LogP contribution in [0.2, 0.25) is 0 Å². The second kappa shape index (κ2) is 9.61. The molecule has 1 heteroatoms. The predicted molar refractivity (Wildman–Crippen MR) is 181 cm³/mol. The molecule has 0 unspecified atom stereocenters. The van der Waals surface area contributed by atoms with Crippen LogP contribution in [0, 0.1) is 6.92 Å². The molecule has 1 heterocycles. The molecule has 1 nitrogen and oxygen atoms in total. The van der Waals surface area contributed by atoms with Gasteiger partial charge in [-0.05, 0) is 85.4 Å². The maximum Gasteiger partial charge on any atom is 0.143 e. The van der Waals surface area contributed by atoms with E-state index in [1.165, 1.54) is 54.7 Å². The molecular formula is C41H28O. The summed E-state index contributed by atoms with van der Waals surface area (Å²) in [5, 5.41) is 9.58. The van der Waals surface area contributed by atoms with Crippen LogP contribution >= 0.6 is 0 Å². The van der Waals surface area contributed by atoms with Crippen LogP contribution in [0.15, 0.2) is 144 Å². The number of allylic oxidation sites excluding steroid dienone is 2. The first-order valence-corrected chi connectivity index (χ1v) is 14.4. The molecule has 0 saturated heterocycles. The van der Waals surface area contributed by atoms with E-state index in [9.17, 15) is 0 Å². The molecule has 0 saturated carbocycles. The first-order chi connectivity index (χ1) is 20.7. The standard InChI is InChI=1S/C41H28O/c1-3-4-15-30-26(2)39(34-20-11-14-27-12-5-7-16-31(27)34)35-18-9-10-19-36(35)40(30)29-22-23-33-37-24-21-28-13-6-8-17-32(28)41(37)42-38(33)25-29/h3-25H,1H2,2H3/b15-4-. The molecule has 0 N–H and O–H groups in total. The Kier molecular flexibility index (Phi) is 5.58.